The Morgan fingerprint density at radius 1 is 1.30 bits per heavy atom. The van der Waals surface area contributed by atoms with Crippen molar-refractivity contribution in [2.24, 2.45) is 11.8 Å². The normalized spacial score (nSPS) is 49.2. The highest BCUT2D eigenvalue weighted by molar-refractivity contribution is 4.82. The molecule has 60 valence electrons. The van der Waals surface area contributed by atoms with E-state index in [1.807, 2.05) is 6.92 Å². The topological polar surface area (TPSA) is 20.2 Å². The average molecular weight is 146 g/mol. The minimum atomic E-state index is -0.980. The van der Waals surface area contributed by atoms with Gasteiger partial charge in [-0.1, -0.05) is 13.8 Å². The molecule has 0 aromatic carbocycles. The SMILES string of the molecule is C[C@H]1[C@H](O)[C@H](F)CC[C@H]1C. The molecule has 0 radical (unpaired) electrons. The van der Waals surface area contributed by atoms with E-state index < -0.39 is 12.3 Å². The highest BCUT2D eigenvalue weighted by Gasteiger charge is 2.33. The predicted octanol–water partition coefficient (Wildman–Crippen LogP) is 1.75. The molecule has 0 bridgehead atoms. The van der Waals surface area contributed by atoms with Gasteiger partial charge < -0.3 is 5.11 Å². The van der Waals surface area contributed by atoms with Gasteiger partial charge in [-0.25, -0.2) is 4.39 Å². The van der Waals surface area contributed by atoms with Gasteiger partial charge in [0.05, 0.1) is 6.10 Å². The summed E-state index contributed by atoms with van der Waals surface area (Å²) in [4.78, 5) is 0. The number of alkyl halides is 1. The molecule has 0 amide bonds. The van der Waals surface area contributed by atoms with Crippen LogP contribution in [0.1, 0.15) is 26.7 Å². The third-order valence-electron chi connectivity index (χ3n) is 2.70. The fourth-order valence-electron chi connectivity index (χ4n) is 1.52. The monoisotopic (exact) mass is 146 g/mol. The lowest BCUT2D eigenvalue weighted by molar-refractivity contribution is -0.0180. The van der Waals surface area contributed by atoms with Gasteiger partial charge in [0.25, 0.3) is 0 Å². The van der Waals surface area contributed by atoms with Crippen LogP contribution in [0.4, 0.5) is 4.39 Å². The average Bonchev–Trinajstić information content (AvgIpc) is 1.93. The summed E-state index contributed by atoms with van der Waals surface area (Å²) in [5.74, 6) is 0.603. The van der Waals surface area contributed by atoms with Crippen LogP contribution in [0.3, 0.4) is 0 Å². The molecule has 0 aromatic heterocycles. The van der Waals surface area contributed by atoms with Crippen molar-refractivity contribution in [1.29, 1.82) is 0 Å². The van der Waals surface area contributed by atoms with E-state index >= 15 is 0 Å². The number of halogens is 1. The van der Waals surface area contributed by atoms with Crippen molar-refractivity contribution in [2.75, 3.05) is 0 Å². The highest BCUT2D eigenvalue weighted by Crippen LogP contribution is 2.31. The summed E-state index contributed by atoms with van der Waals surface area (Å²) in [6.45, 7) is 3.99. The molecule has 2 heteroatoms. The zero-order valence-electron chi connectivity index (χ0n) is 6.55. The van der Waals surface area contributed by atoms with E-state index in [2.05, 4.69) is 6.92 Å². The van der Waals surface area contributed by atoms with Crippen molar-refractivity contribution in [3.05, 3.63) is 0 Å². The lowest BCUT2D eigenvalue weighted by Crippen LogP contribution is -2.37. The molecule has 1 aliphatic carbocycles. The van der Waals surface area contributed by atoms with E-state index in [0.29, 0.717) is 12.3 Å². The second-order valence-corrected chi connectivity index (χ2v) is 3.42. The summed E-state index contributed by atoms with van der Waals surface area (Å²) in [5, 5.41) is 9.24. The van der Waals surface area contributed by atoms with E-state index in [4.69, 9.17) is 0 Å². The minimum absolute atomic E-state index is 0.128. The first-order valence-electron chi connectivity index (χ1n) is 3.95. The summed E-state index contributed by atoms with van der Waals surface area (Å²) in [7, 11) is 0. The van der Waals surface area contributed by atoms with Gasteiger partial charge in [0.2, 0.25) is 0 Å². The summed E-state index contributed by atoms with van der Waals surface area (Å²) in [6.07, 6.45) is -0.249. The van der Waals surface area contributed by atoms with Crippen molar-refractivity contribution in [1.82, 2.24) is 0 Å². The van der Waals surface area contributed by atoms with Crippen LogP contribution in [0.15, 0.2) is 0 Å². The van der Waals surface area contributed by atoms with Gasteiger partial charge in [-0.05, 0) is 24.7 Å². The molecule has 0 heterocycles. The van der Waals surface area contributed by atoms with Gasteiger partial charge in [0, 0.05) is 0 Å². The lowest BCUT2D eigenvalue weighted by Gasteiger charge is -2.32. The molecular weight excluding hydrogens is 131 g/mol. The molecule has 0 spiro atoms. The Kier molecular flexibility index (Phi) is 2.29. The maximum Gasteiger partial charge on any atom is 0.126 e. The first-order chi connectivity index (χ1) is 4.63. The molecule has 0 saturated heterocycles. The fourth-order valence-corrected chi connectivity index (χ4v) is 1.52. The molecule has 0 unspecified atom stereocenters. The van der Waals surface area contributed by atoms with Crippen molar-refractivity contribution >= 4 is 0 Å². The van der Waals surface area contributed by atoms with Gasteiger partial charge in [0.1, 0.15) is 6.17 Å². The molecular formula is C8H15FO. The van der Waals surface area contributed by atoms with E-state index in [1.165, 1.54) is 0 Å². The first kappa shape index (κ1) is 7.99. The Labute approximate surface area is 61.2 Å². The van der Waals surface area contributed by atoms with E-state index in [1.54, 1.807) is 0 Å². The second-order valence-electron chi connectivity index (χ2n) is 3.42. The van der Waals surface area contributed by atoms with Crippen LogP contribution in [0.2, 0.25) is 0 Å². The van der Waals surface area contributed by atoms with Crippen LogP contribution in [-0.4, -0.2) is 17.4 Å². The third-order valence-corrected chi connectivity index (χ3v) is 2.70. The number of hydrogen-bond acceptors (Lipinski definition) is 1. The second kappa shape index (κ2) is 2.87. The molecule has 1 N–H and O–H groups in total. The lowest BCUT2D eigenvalue weighted by atomic mass is 9.79. The van der Waals surface area contributed by atoms with Crippen molar-refractivity contribution in [2.45, 2.75) is 39.0 Å². The number of rotatable bonds is 0. The van der Waals surface area contributed by atoms with E-state index in [0.717, 1.165) is 6.42 Å². The molecule has 0 aliphatic heterocycles. The molecule has 1 aliphatic rings. The summed E-state index contributed by atoms with van der Waals surface area (Å²) < 4.78 is 12.8. The van der Waals surface area contributed by atoms with Crippen LogP contribution >= 0.6 is 0 Å². The van der Waals surface area contributed by atoms with Gasteiger partial charge in [-0.2, -0.15) is 0 Å². The molecule has 1 saturated carbocycles. The standard InChI is InChI=1S/C8H15FO/c1-5-3-4-7(9)8(10)6(5)2/h5-8,10H,3-4H2,1-2H3/t5-,6-,7-,8+/m1/s1. The van der Waals surface area contributed by atoms with Crippen LogP contribution in [0.25, 0.3) is 0 Å². The van der Waals surface area contributed by atoms with Crippen LogP contribution in [0.5, 0.6) is 0 Å². The van der Waals surface area contributed by atoms with E-state index in [9.17, 15) is 9.50 Å². The largest absolute Gasteiger partial charge is 0.390 e. The van der Waals surface area contributed by atoms with Gasteiger partial charge in [-0.15, -0.1) is 0 Å². The number of aliphatic hydroxyl groups is 1. The Morgan fingerprint density at radius 2 is 1.90 bits per heavy atom. The van der Waals surface area contributed by atoms with Crippen LogP contribution in [-0.2, 0) is 0 Å². The molecule has 1 nitrogen and oxygen atoms in total. The molecule has 0 aromatic rings. The van der Waals surface area contributed by atoms with Gasteiger partial charge in [-0.3, -0.25) is 0 Å². The number of hydrogen-bond donors (Lipinski definition) is 1. The van der Waals surface area contributed by atoms with Gasteiger partial charge in [0.15, 0.2) is 0 Å². The highest BCUT2D eigenvalue weighted by atomic mass is 19.1. The molecule has 1 rings (SSSR count). The summed E-state index contributed by atoms with van der Waals surface area (Å²) in [5.41, 5.74) is 0. The Bertz CT molecular complexity index is 102. The van der Waals surface area contributed by atoms with Crippen molar-refractivity contribution in [3.8, 4) is 0 Å². The Hall–Kier alpha value is -0.110. The minimum Gasteiger partial charge on any atom is -0.390 e. The number of aliphatic hydroxyl groups excluding tert-OH is 1. The predicted molar refractivity (Wildman–Crippen MR) is 38.5 cm³/mol. The fraction of sp³-hybridized carbons (Fsp3) is 1.00. The smallest absolute Gasteiger partial charge is 0.126 e. The maximum atomic E-state index is 12.8. The van der Waals surface area contributed by atoms with Crippen LogP contribution < -0.4 is 0 Å². The molecule has 4 atom stereocenters. The summed E-state index contributed by atoms with van der Waals surface area (Å²) >= 11 is 0. The third kappa shape index (κ3) is 1.31. The maximum absolute atomic E-state index is 12.8. The van der Waals surface area contributed by atoms with E-state index in [-0.39, 0.29) is 5.92 Å². The summed E-state index contributed by atoms with van der Waals surface area (Å²) in [6, 6.07) is 0. The van der Waals surface area contributed by atoms with Crippen molar-refractivity contribution < 1.29 is 9.50 Å². The quantitative estimate of drug-likeness (QED) is 0.552. The first-order valence-corrected chi connectivity index (χ1v) is 3.95. The van der Waals surface area contributed by atoms with Gasteiger partial charge >= 0.3 is 0 Å². The molecule has 1 fully saturated rings. The Morgan fingerprint density at radius 3 is 2.40 bits per heavy atom. The zero-order chi connectivity index (χ0) is 7.72. The zero-order valence-corrected chi connectivity index (χ0v) is 6.55. The molecule has 10 heavy (non-hydrogen) atoms. The van der Waals surface area contributed by atoms with Crippen LogP contribution in [0, 0.1) is 11.8 Å². The van der Waals surface area contributed by atoms with Crippen molar-refractivity contribution in [3.63, 3.8) is 0 Å². The Balaban J connectivity index is 2.52.